The molecule has 136 valence electrons. The van der Waals surface area contributed by atoms with Crippen LogP contribution in [0, 0.1) is 18.3 Å². The highest BCUT2D eigenvalue weighted by atomic mass is 32.2. The molecule has 0 unspecified atom stereocenters. The van der Waals surface area contributed by atoms with Crippen LogP contribution >= 0.6 is 11.8 Å². The molecule has 0 aliphatic heterocycles. The molecule has 4 nitrogen and oxygen atoms in total. The van der Waals surface area contributed by atoms with Gasteiger partial charge in [0.05, 0.1) is 17.3 Å². The molecule has 27 heavy (non-hydrogen) atoms. The van der Waals surface area contributed by atoms with Gasteiger partial charge in [0.25, 0.3) is 0 Å². The first kappa shape index (κ1) is 18.9. The molecule has 0 saturated carbocycles. The quantitative estimate of drug-likeness (QED) is 0.399. The van der Waals surface area contributed by atoms with E-state index in [9.17, 15) is 0 Å². The van der Waals surface area contributed by atoms with E-state index >= 15 is 0 Å². The second-order valence-corrected chi connectivity index (χ2v) is 7.48. The van der Waals surface area contributed by atoms with Gasteiger partial charge in [0, 0.05) is 11.8 Å². The van der Waals surface area contributed by atoms with E-state index < -0.39 is 0 Å². The lowest BCUT2D eigenvalue weighted by Gasteiger charge is -2.12. The molecule has 0 fully saturated rings. The van der Waals surface area contributed by atoms with Gasteiger partial charge in [-0.3, -0.25) is 0 Å². The zero-order chi connectivity index (χ0) is 19.2. The number of nitrogens with zero attached hydrogens (tertiary/aromatic N) is 3. The molecule has 0 N–H and O–H groups in total. The summed E-state index contributed by atoms with van der Waals surface area (Å²) in [6.45, 7) is 6.22. The van der Waals surface area contributed by atoms with Crippen LogP contribution in [0.3, 0.4) is 0 Å². The van der Waals surface area contributed by atoms with Gasteiger partial charge in [0.2, 0.25) is 5.88 Å². The SMILES string of the molecule is Cc1ccccc1Oc1cc(C(C)C)nc(SCc2cccc(C#N)c2)n1. The number of aromatic nitrogens is 2. The van der Waals surface area contributed by atoms with E-state index in [-0.39, 0.29) is 5.92 Å². The average Bonchev–Trinajstić information content (AvgIpc) is 2.68. The molecular formula is C22H21N3OS. The third-order valence-corrected chi connectivity index (χ3v) is 4.94. The Bertz CT molecular complexity index is 979. The Kier molecular flexibility index (Phi) is 6.10. The fourth-order valence-corrected chi connectivity index (χ4v) is 3.30. The first-order valence-corrected chi connectivity index (χ1v) is 9.78. The maximum Gasteiger partial charge on any atom is 0.223 e. The molecule has 0 bridgehead atoms. The predicted octanol–water partition coefficient (Wildman–Crippen LogP) is 5.86. The van der Waals surface area contributed by atoms with E-state index in [1.54, 1.807) is 17.8 Å². The lowest BCUT2D eigenvalue weighted by molar-refractivity contribution is 0.449. The number of ether oxygens (including phenoxy) is 1. The third kappa shape index (κ3) is 5.08. The van der Waals surface area contributed by atoms with Gasteiger partial charge in [0.1, 0.15) is 5.75 Å². The van der Waals surface area contributed by atoms with Crippen LogP contribution in [0.5, 0.6) is 11.6 Å². The van der Waals surface area contributed by atoms with Crippen molar-refractivity contribution >= 4 is 11.8 Å². The molecule has 3 rings (SSSR count). The van der Waals surface area contributed by atoms with Crippen LogP contribution in [0.15, 0.2) is 59.8 Å². The van der Waals surface area contributed by atoms with Crippen LogP contribution in [-0.2, 0) is 5.75 Å². The monoisotopic (exact) mass is 375 g/mol. The van der Waals surface area contributed by atoms with Crippen LogP contribution in [0.25, 0.3) is 0 Å². The highest BCUT2D eigenvalue weighted by Crippen LogP contribution is 2.29. The second kappa shape index (κ2) is 8.70. The Hall–Kier alpha value is -2.84. The minimum atomic E-state index is 0.272. The third-order valence-electron chi connectivity index (χ3n) is 4.03. The van der Waals surface area contributed by atoms with Crippen molar-refractivity contribution in [3.05, 3.63) is 77.0 Å². The van der Waals surface area contributed by atoms with Crippen molar-refractivity contribution in [2.75, 3.05) is 0 Å². The Labute approximate surface area is 164 Å². The number of thioether (sulfide) groups is 1. The summed E-state index contributed by atoms with van der Waals surface area (Å²) in [6.07, 6.45) is 0. The first-order chi connectivity index (χ1) is 13.0. The number of para-hydroxylation sites is 1. The van der Waals surface area contributed by atoms with Gasteiger partial charge < -0.3 is 4.74 Å². The minimum Gasteiger partial charge on any atom is -0.439 e. The number of aryl methyl sites for hydroxylation is 1. The largest absolute Gasteiger partial charge is 0.439 e. The van der Waals surface area contributed by atoms with E-state index in [1.807, 2.05) is 55.5 Å². The summed E-state index contributed by atoms with van der Waals surface area (Å²) in [5, 5.41) is 9.72. The van der Waals surface area contributed by atoms with E-state index in [0.29, 0.717) is 22.4 Å². The van der Waals surface area contributed by atoms with Gasteiger partial charge in [-0.05, 0) is 42.2 Å². The molecule has 0 saturated heterocycles. The van der Waals surface area contributed by atoms with Crippen molar-refractivity contribution < 1.29 is 4.74 Å². The molecule has 0 atom stereocenters. The van der Waals surface area contributed by atoms with Gasteiger partial charge in [-0.2, -0.15) is 10.2 Å². The van der Waals surface area contributed by atoms with Gasteiger partial charge in [-0.1, -0.05) is 55.9 Å². The van der Waals surface area contributed by atoms with Crippen molar-refractivity contribution in [2.24, 2.45) is 0 Å². The number of rotatable bonds is 6. The average molecular weight is 375 g/mol. The predicted molar refractivity (Wildman–Crippen MR) is 108 cm³/mol. The summed E-state index contributed by atoms with van der Waals surface area (Å²) in [5.74, 6) is 2.31. The molecular weight excluding hydrogens is 354 g/mol. The van der Waals surface area contributed by atoms with Gasteiger partial charge >= 0.3 is 0 Å². The van der Waals surface area contributed by atoms with Crippen molar-refractivity contribution in [3.8, 4) is 17.7 Å². The molecule has 0 amide bonds. The van der Waals surface area contributed by atoms with Crippen molar-refractivity contribution in [3.63, 3.8) is 0 Å². The lowest BCUT2D eigenvalue weighted by Crippen LogP contribution is -2.00. The molecule has 3 aromatic rings. The maximum absolute atomic E-state index is 9.05. The van der Waals surface area contributed by atoms with Crippen LogP contribution in [0.4, 0.5) is 0 Å². The zero-order valence-electron chi connectivity index (χ0n) is 15.6. The highest BCUT2D eigenvalue weighted by molar-refractivity contribution is 7.98. The number of benzene rings is 2. The molecule has 0 radical (unpaired) electrons. The molecule has 1 heterocycles. The van der Waals surface area contributed by atoms with E-state index in [4.69, 9.17) is 10.00 Å². The summed E-state index contributed by atoms with van der Waals surface area (Å²) >= 11 is 1.54. The van der Waals surface area contributed by atoms with Crippen molar-refractivity contribution in [1.82, 2.24) is 9.97 Å². The minimum absolute atomic E-state index is 0.272. The molecule has 0 aliphatic rings. The van der Waals surface area contributed by atoms with E-state index in [2.05, 4.69) is 29.9 Å². The standard InChI is InChI=1S/C22H21N3OS/c1-15(2)19-12-21(26-20-10-5-4-7-16(20)3)25-22(24-19)27-14-18-9-6-8-17(11-18)13-23/h4-12,15H,14H2,1-3H3. The van der Waals surface area contributed by atoms with Crippen molar-refractivity contribution in [2.45, 2.75) is 37.6 Å². The van der Waals surface area contributed by atoms with Crippen molar-refractivity contribution in [1.29, 1.82) is 5.26 Å². The zero-order valence-corrected chi connectivity index (χ0v) is 16.5. The fourth-order valence-electron chi connectivity index (χ4n) is 2.50. The van der Waals surface area contributed by atoms with Crippen LogP contribution in [0.2, 0.25) is 0 Å². The van der Waals surface area contributed by atoms with E-state index in [1.165, 1.54) is 0 Å². The number of nitriles is 1. The van der Waals surface area contributed by atoms with E-state index in [0.717, 1.165) is 22.6 Å². The molecule has 0 spiro atoms. The van der Waals surface area contributed by atoms with Gasteiger partial charge in [-0.15, -0.1) is 0 Å². The van der Waals surface area contributed by atoms with Crippen LogP contribution in [-0.4, -0.2) is 9.97 Å². The fraction of sp³-hybridized carbons (Fsp3) is 0.227. The Morgan fingerprint density at radius 2 is 1.89 bits per heavy atom. The topological polar surface area (TPSA) is 58.8 Å². The Morgan fingerprint density at radius 1 is 1.07 bits per heavy atom. The van der Waals surface area contributed by atoms with Gasteiger partial charge in [0.15, 0.2) is 5.16 Å². The number of hydrogen-bond donors (Lipinski definition) is 0. The number of hydrogen-bond acceptors (Lipinski definition) is 5. The molecule has 2 aromatic carbocycles. The first-order valence-electron chi connectivity index (χ1n) is 8.79. The smallest absolute Gasteiger partial charge is 0.223 e. The normalized spacial score (nSPS) is 10.6. The summed E-state index contributed by atoms with van der Waals surface area (Å²) < 4.78 is 6.02. The lowest BCUT2D eigenvalue weighted by atomic mass is 10.1. The van der Waals surface area contributed by atoms with Crippen LogP contribution < -0.4 is 4.74 Å². The molecule has 0 aliphatic carbocycles. The second-order valence-electron chi connectivity index (χ2n) is 6.54. The Morgan fingerprint density at radius 3 is 2.63 bits per heavy atom. The summed E-state index contributed by atoms with van der Waals surface area (Å²) in [6, 6.07) is 19.6. The molecule has 5 heteroatoms. The Balaban J connectivity index is 1.83. The highest BCUT2D eigenvalue weighted by Gasteiger charge is 2.11. The van der Waals surface area contributed by atoms with Gasteiger partial charge in [-0.25, -0.2) is 4.98 Å². The summed E-state index contributed by atoms with van der Waals surface area (Å²) in [5.41, 5.74) is 3.74. The van der Waals surface area contributed by atoms with Crippen LogP contribution in [0.1, 0.15) is 42.1 Å². The summed E-state index contributed by atoms with van der Waals surface area (Å²) in [4.78, 5) is 9.24. The maximum atomic E-state index is 9.05. The molecule has 1 aromatic heterocycles. The summed E-state index contributed by atoms with van der Waals surface area (Å²) in [7, 11) is 0.